The van der Waals surface area contributed by atoms with Gasteiger partial charge in [-0.2, -0.15) is 11.8 Å². The lowest BCUT2D eigenvalue weighted by atomic mass is 10.2. The molecule has 0 radical (unpaired) electrons. The maximum Gasteiger partial charge on any atom is 0.0245 e. The molecule has 15 heavy (non-hydrogen) atoms. The van der Waals surface area contributed by atoms with Crippen molar-refractivity contribution in [2.75, 3.05) is 18.8 Å². The molecular formula is C12H16BrNS. The average Bonchev–Trinajstić information content (AvgIpc) is 2.22. The van der Waals surface area contributed by atoms with Gasteiger partial charge >= 0.3 is 0 Å². The number of rotatable bonds is 2. The number of halogens is 1. The van der Waals surface area contributed by atoms with Gasteiger partial charge in [0.1, 0.15) is 0 Å². The molecule has 0 aliphatic carbocycles. The Labute approximate surface area is 104 Å². The van der Waals surface area contributed by atoms with E-state index < -0.39 is 0 Å². The highest BCUT2D eigenvalue weighted by Crippen LogP contribution is 2.22. The van der Waals surface area contributed by atoms with Crippen LogP contribution in [0, 0.1) is 0 Å². The zero-order valence-electron chi connectivity index (χ0n) is 8.95. The van der Waals surface area contributed by atoms with Crippen molar-refractivity contribution in [1.29, 1.82) is 0 Å². The lowest BCUT2D eigenvalue weighted by Crippen LogP contribution is -2.36. The third kappa shape index (κ3) is 3.23. The molecule has 0 spiro atoms. The SMILES string of the molecule is CC1CN(Cc2ccccc2Br)CCS1. The quantitative estimate of drug-likeness (QED) is 0.820. The second-order valence-corrected chi connectivity index (χ2v) is 6.41. The summed E-state index contributed by atoms with van der Waals surface area (Å²) < 4.78 is 1.23. The molecule has 1 nitrogen and oxygen atoms in total. The van der Waals surface area contributed by atoms with Crippen molar-refractivity contribution in [1.82, 2.24) is 4.90 Å². The monoisotopic (exact) mass is 285 g/mol. The van der Waals surface area contributed by atoms with E-state index in [4.69, 9.17) is 0 Å². The molecule has 0 amide bonds. The zero-order valence-corrected chi connectivity index (χ0v) is 11.4. The van der Waals surface area contributed by atoms with Crippen LogP contribution >= 0.6 is 27.7 Å². The van der Waals surface area contributed by atoms with E-state index in [0.29, 0.717) is 0 Å². The van der Waals surface area contributed by atoms with Gasteiger partial charge in [0.2, 0.25) is 0 Å². The van der Waals surface area contributed by atoms with Crippen molar-refractivity contribution in [2.24, 2.45) is 0 Å². The smallest absolute Gasteiger partial charge is 0.0245 e. The van der Waals surface area contributed by atoms with Crippen molar-refractivity contribution in [3.63, 3.8) is 0 Å². The molecular weight excluding hydrogens is 270 g/mol. The fraction of sp³-hybridized carbons (Fsp3) is 0.500. The Morgan fingerprint density at radius 3 is 3.00 bits per heavy atom. The lowest BCUT2D eigenvalue weighted by Gasteiger charge is -2.30. The van der Waals surface area contributed by atoms with Crippen LogP contribution in [0.4, 0.5) is 0 Å². The maximum atomic E-state index is 3.61. The molecule has 1 heterocycles. The molecule has 3 heteroatoms. The van der Waals surface area contributed by atoms with E-state index in [1.54, 1.807) is 0 Å². The molecule has 1 fully saturated rings. The Bertz CT molecular complexity index is 329. The van der Waals surface area contributed by atoms with Gasteiger partial charge in [-0.1, -0.05) is 41.1 Å². The molecule has 1 aromatic rings. The van der Waals surface area contributed by atoms with E-state index in [2.05, 4.69) is 63.8 Å². The standard InChI is InChI=1S/C12H16BrNS/c1-10-8-14(6-7-15-10)9-11-4-2-3-5-12(11)13/h2-5,10H,6-9H2,1H3. The largest absolute Gasteiger partial charge is 0.297 e. The second-order valence-electron chi connectivity index (χ2n) is 4.01. The fourth-order valence-electron chi connectivity index (χ4n) is 1.90. The third-order valence-electron chi connectivity index (χ3n) is 2.68. The summed E-state index contributed by atoms with van der Waals surface area (Å²) in [4.78, 5) is 2.54. The normalized spacial score (nSPS) is 22.9. The second kappa shape index (κ2) is 5.37. The number of benzene rings is 1. The van der Waals surface area contributed by atoms with Crippen LogP contribution in [0.25, 0.3) is 0 Å². The topological polar surface area (TPSA) is 3.24 Å². The van der Waals surface area contributed by atoms with Crippen molar-refractivity contribution in [3.05, 3.63) is 34.3 Å². The van der Waals surface area contributed by atoms with Crippen LogP contribution < -0.4 is 0 Å². The van der Waals surface area contributed by atoms with E-state index in [1.807, 2.05) is 0 Å². The number of thioether (sulfide) groups is 1. The van der Waals surface area contributed by atoms with E-state index in [1.165, 1.54) is 28.9 Å². The van der Waals surface area contributed by atoms with Crippen molar-refractivity contribution < 1.29 is 0 Å². The van der Waals surface area contributed by atoms with Gasteiger partial charge in [-0.25, -0.2) is 0 Å². The average molecular weight is 286 g/mol. The maximum absolute atomic E-state index is 3.61. The van der Waals surface area contributed by atoms with Gasteiger partial charge in [0.25, 0.3) is 0 Å². The van der Waals surface area contributed by atoms with Gasteiger partial charge in [0, 0.05) is 35.1 Å². The van der Waals surface area contributed by atoms with E-state index >= 15 is 0 Å². The summed E-state index contributed by atoms with van der Waals surface area (Å²) in [6, 6.07) is 8.51. The molecule has 0 aromatic heterocycles. The van der Waals surface area contributed by atoms with Gasteiger partial charge in [0.05, 0.1) is 0 Å². The van der Waals surface area contributed by atoms with Crippen molar-refractivity contribution in [2.45, 2.75) is 18.7 Å². The summed E-state index contributed by atoms with van der Waals surface area (Å²) >= 11 is 5.69. The lowest BCUT2D eigenvalue weighted by molar-refractivity contribution is 0.278. The highest BCUT2D eigenvalue weighted by Gasteiger charge is 2.17. The minimum absolute atomic E-state index is 0.779. The van der Waals surface area contributed by atoms with Crippen LogP contribution in [-0.2, 0) is 6.54 Å². The Hall–Kier alpha value is 0.01000. The van der Waals surface area contributed by atoms with Crippen molar-refractivity contribution >= 4 is 27.7 Å². The molecule has 1 aromatic carbocycles. The van der Waals surface area contributed by atoms with Crippen LogP contribution in [0.15, 0.2) is 28.7 Å². The van der Waals surface area contributed by atoms with E-state index in [0.717, 1.165) is 11.8 Å². The first-order valence-corrected chi connectivity index (χ1v) is 7.17. The minimum Gasteiger partial charge on any atom is -0.297 e. The highest BCUT2D eigenvalue weighted by atomic mass is 79.9. The first-order chi connectivity index (χ1) is 7.25. The van der Waals surface area contributed by atoms with Gasteiger partial charge < -0.3 is 0 Å². The Morgan fingerprint density at radius 1 is 1.47 bits per heavy atom. The Balaban J connectivity index is 1.99. The summed E-state index contributed by atoms with van der Waals surface area (Å²) in [7, 11) is 0. The van der Waals surface area contributed by atoms with Crippen molar-refractivity contribution in [3.8, 4) is 0 Å². The van der Waals surface area contributed by atoms with Crippen LogP contribution in [0.5, 0.6) is 0 Å². The molecule has 1 aliphatic heterocycles. The number of nitrogens with zero attached hydrogens (tertiary/aromatic N) is 1. The summed E-state index contributed by atoms with van der Waals surface area (Å²) in [6.45, 7) is 5.82. The molecule has 0 N–H and O–H groups in total. The van der Waals surface area contributed by atoms with Gasteiger partial charge in [-0.15, -0.1) is 0 Å². The van der Waals surface area contributed by atoms with Crippen LogP contribution in [0.3, 0.4) is 0 Å². The fourth-order valence-corrected chi connectivity index (χ4v) is 3.39. The molecule has 0 bridgehead atoms. The Kier molecular flexibility index (Phi) is 4.12. The van der Waals surface area contributed by atoms with Crippen LogP contribution in [0.2, 0.25) is 0 Å². The molecule has 0 saturated carbocycles. The molecule has 82 valence electrons. The first kappa shape index (κ1) is 11.5. The molecule has 1 aliphatic rings. The molecule has 1 saturated heterocycles. The predicted octanol–water partition coefficient (Wildman–Crippen LogP) is 3.39. The van der Waals surface area contributed by atoms with Gasteiger partial charge in [-0.3, -0.25) is 4.90 Å². The van der Waals surface area contributed by atoms with Gasteiger partial charge in [-0.05, 0) is 11.6 Å². The summed E-state index contributed by atoms with van der Waals surface area (Å²) in [5.74, 6) is 1.27. The molecule has 1 atom stereocenters. The third-order valence-corrected chi connectivity index (χ3v) is 4.59. The van der Waals surface area contributed by atoms with E-state index in [9.17, 15) is 0 Å². The van der Waals surface area contributed by atoms with Crippen LogP contribution in [-0.4, -0.2) is 29.0 Å². The number of hydrogen-bond acceptors (Lipinski definition) is 2. The molecule has 1 unspecified atom stereocenters. The van der Waals surface area contributed by atoms with Crippen LogP contribution in [0.1, 0.15) is 12.5 Å². The molecule has 2 rings (SSSR count). The highest BCUT2D eigenvalue weighted by molar-refractivity contribution is 9.10. The summed E-state index contributed by atoms with van der Waals surface area (Å²) in [5, 5.41) is 0.779. The minimum atomic E-state index is 0.779. The zero-order chi connectivity index (χ0) is 10.7. The summed E-state index contributed by atoms with van der Waals surface area (Å²) in [6.07, 6.45) is 0. The van der Waals surface area contributed by atoms with E-state index in [-0.39, 0.29) is 0 Å². The summed E-state index contributed by atoms with van der Waals surface area (Å²) in [5.41, 5.74) is 1.40. The first-order valence-electron chi connectivity index (χ1n) is 5.33. The van der Waals surface area contributed by atoms with Gasteiger partial charge in [0.15, 0.2) is 0 Å². The number of hydrogen-bond donors (Lipinski definition) is 0. The Morgan fingerprint density at radius 2 is 2.27 bits per heavy atom. The predicted molar refractivity (Wildman–Crippen MR) is 71.3 cm³/mol.